The number of methoxy groups -OCH3 is 1. The molecule has 0 spiro atoms. The average Bonchev–Trinajstić information content (AvgIpc) is 2.73. The minimum absolute atomic E-state index is 0.00131. The SMILES string of the molecule is CCC(C)C(=O)Nc1cccc(CNC(=NC)NCc2cccc(OC)c2)c1. The van der Waals surface area contributed by atoms with Crippen molar-refractivity contribution < 1.29 is 9.53 Å². The standard InChI is InChI=1S/C22H30N4O2/c1-5-16(2)21(27)26-19-10-6-8-17(12-19)14-24-22(23-3)25-15-18-9-7-11-20(13-18)28-4/h6-13,16H,5,14-15H2,1-4H3,(H,26,27)(H2,23,24,25). The summed E-state index contributed by atoms with van der Waals surface area (Å²) in [5.74, 6) is 1.58. The Balaban J connectivity index is 1.89. The largest absolute Gasteiger partial charge is 0.497 e. The Labute approximate surface area is 167 Å². The third kappa shape index (κ3) is 6.61. The molecular formula is C22H30N4O2. The first kappa shape index (κ1) is 21.3. The molecule has 0 radical (unpaired) electrons. The fraction of sp³-hybridized carbons (Fsp3) is 0.364. The highest BCUT2D eigenvalue weighted by atomic mass is 16.5. The molecule has 0 aliphatic carbocycles. The monoisotopic (exact) mass is 382 g/mol. The second-order valence-electron chi connectivity index (χ2n) is 6.63. The van der Waals surface area contributed by atoms with Crippen molar-refractivity contribution in [1.29, 1.82) is 0 Å². The number of rotatable bonds is 8. The van der Waals surface area contributed by atoms with Crippen molar-refractivity contribution in [3.8, 4) is 5.75 Å². The van der Waals surface area contributed by atoms with Crippen LogP contribution in [0.2, 0.25) is 0 Å². The molecule has 1 unspecified atom stereocenters. The van der Waals surface area contributed by atoms with E-state index in [1.165, 1.54) is 0 Å². The van der Waals surface area contributed by atoms with E-state index in [4.69, 9.17) is 4.74 Å². The molecule has 3 N–H and O–H groups in total. The van der Waals surface area contributed by atoms with Gasteiger partial charge in [-0.05, 0) is 41.8 Å². The maximum atomic E-state index is 12.1. The molecule has 6 nitrogen and oxygen atoms in total. The number of amides is 1. The maximum Gasteiger partial charge on any atom is 0.227 e. The molecule has 0 saturated heterocycles. The van der Waals surface area contributed by atoms with Crippen molar-refractivity contribution in [3.63, 3.8) is 0 Å². The van der Waals surface area contributed by atoms with E-state index in [0.29, 0.717) is 19.0 Å². The molecule has 0 aliphatic rings. The lowest BCUT2D eigenvalue weighted by Gasteiger charge is -2.14. The van der Waals surface area contributed by atoms with Gasteiger partial charge in [-0.15, -0.1) is 0 Å². The predicted molar refractivity (Wildman–Crippen MR) is 115 cm³/mol. The summed E-state index contributed by atoms with van der Waals surface area (Å²) >= 11 is 0. The highest BCUT2D eigenvalue weighted by Crippen LogP contribution is 2.14. The van der Waals surface area contributed by atoms with Gasteiger partial charge in [0.2, 0.25) is 5.91 Å². The molecule has 2 aromatic rings. The molecule has 0 saturated carbocycles. The second-order valence-corrected chi connectivity index (χ2v) is 6.63. The van der Waals surface area contributed by atoms with E-state index in [1.807, 2.05) is 62.4 Å². The summed E-state index contributed by atoms with van der Waals surface area (Å²) in [6.07, 6.45) is 0.822. The molecule has 150 valence electrons. The molecule has 0 aliphatic heterocycles. The molecule has 2 aromatic carbocycles. The minimum Gasteiger partial charge on any atom is -0.497 e. The fourth-order valence-corrected chi connectivity index (χ4v) is 2.58. The number of carbonyl (C=O) groups is 1. The highest BCUT2D eigenvalue weighted by molar-refractivity contribution is 5.92. The normalized spacial score (nSPS) is 12.2. The molecular weight excluding hydrogens is 352 g/mol. The highest BCUT2D eigenvalue weighted by Gasteiger charge is 2.10. The summed E-state index contributed by atoms with van der Waals surface area (Å²) in [5.41, 5.74) is 2.98. The van der Waals surface area contributed by atoms with Crippen LogP contribution in [0.3, 0.4) is 0 Å². The Bertz CT molecular complexity index is 805. The van der Waals surface area contributed by atoms with E-state index >= 15 is 0 Å². The molecule has 0 heterocycles. The summed E-state index contributed by atoms with van der Waals surface area (Å²) in [4.78, 5) is 16.3. The molecule has 6 heteroatoms. The molecule has 0 aromatic heterocycles. The third-order valence-electron chi connectivity index (χ3n) is 4.53. The zero-order valence-electron chi connectivity index (χ0n) is 17.1. The number of guanidine groups is 1. The topological polar surface area (TPSA) is 74.8 Å². The summed E-state index contributed by atoms with van der Waals surface area (Å²) in [6, 6.07) is 15.7. The van der Waals surface area contributed by atoms with Gasteiger partial charge in [-0.1, -0.05) is 38.1 Å². The third-order valence-corrected chi connectivity index (χ3v) is 4.53. The van der Waals surface area contributed by atoms with Crippen LogP contribution in [0.25, 0.3) is 0 Å². The van der Waals surface area contributed by atoms with Crippen LogP contribution in [-0.2, 0) is 17.9 Å². The first-order valence-corrected chi connectivity index (χ1v) is 9.53. The smallest absolute Gasteiger partial charge is 0.227 e. The number of nitrogens with one attached hydrogen (secondary N) is 3. The van der Waals surface area contributed by atoms with Crippen LogP contribution in [0, 0.1) is 5.92 Å². The van der Waals surface area contributed by atoms with Crippen molar-refractivity contribution in [2.75, 3.05) is 19.5 Å². The maximum absolute atomic E-state index is 12.1. The van der Waals surface area contributed by atoms with Crippen molar-refractivity contribution in [2.45, 2.75) is 33.4 Å². The number of hydrogen-bond donors (Lipinski definition) is 3. The van der Waals surface area contributed by atoms with Gasteiger partial charge < -0.3 is 20.7 Å². The Morgan fingerprint density at radius 2 is 1.71 bits per heavy atom. The van der Waals surface area contributed by atoms with Gasteiger partial charge in [0, 0.05) is 31.7 Å². The Kier molecular flexibility index (Phi) is 8.34. The van der Waals surface area contributed by atoms with Gasteiger partial charge in [0.25, 0.3) is 0 Å². The van der Waals surface area contributed by atoms with Gasteiger partial charge in [-0.25, -0.2) is 0 Å². The Morgan fingerprint density at radius 1 is 1.07 bits per heavy atom. The first-order chi connectivity index (χ1) is 13.5. The molecule has 1 amide bonds. The Hall–Kier alpha value is -3.02. The van der Waals surface area contributed by atoms with Gasteiger partial charge in [0.05, 0.1) is 7.11 Å². The molecule has 28 heavy (non-hydrogen) atoms. The van der Waals surface area contributed by atoms with E-state index in [1.54, 1.807) is 14.2 Å². The first-order valence-electron chi connectivity index (χ1n) is 9.53. The summed E-state index contributed by atoms with van der Waals surface area (Å²) in [6.45, 7) is 5.18. The van der Waals surface area contributed by atoms with Crippen molar-refractivity contribution >= 4 is 17.6 Å². The van der Waals surface area contributed by atoms with Gasteiger partial charge in [-0.2, -0.15) is 0 Å². The summed E-state index contributed by atoms with van der Waals surface area (Å²) in [5, 5.41) is 9.55. The lowest BCUT2D eigenvalue weighted by atomic mass is 10.1. The van der Waals surface area contributed by atoms with Crippen LogP contribution in [0.15, 0.2) is 53.5 Å². The number of ether oxygens (including phenoxy) is 1. The number of benzene rings is 2. The fourth-order valence-electron chi connectivity index (χ4n) is 2.58. The van der Waals surface area contributed by atoms with Gasteiger partial charge in [0.1, 0.15) is 5.75 Å². The van der Waals surface area contributed by atoms with Crippen LogP contribution in [0.4, 0.5) is 5.69 Å². The van der Waals surface area contributed by atoms with Gasteiger partial charge in [0.15, 0.2) is 5.96 Å². The lowest BCUT2D eigenvalue weighted by molar-refractivity contribution is -0.119. The van der Waals surface area contributed by atoms with E-state index in [2.05, 4.69) is 20.9 Å². The number of carbonyl (C=O) groups excluding carboxylic acids is 1. The zero-order chi connectivity index (χ0) is 20.4. The van der Waals surface area contributed by atoms with Gasteiger partial charge in [-0.3, -0.25) is 9.79 Å². The summed E-state index contributed by atoms with van der Waals surface area (Å²) < 4.78 is 5.25. The number of aliphatic imine (C=N–C) groups is 1. The molecule has 1 atom stereocenters. The molecule has 2 rings (SSSR count). The minimum atomic E-state index is 0.00131. The van der Waals surface area contributed by atoms with Crippen molar-refractivity contribution in [1.82, 2.24) is 10.6 Å². The number of anilines is 1. The van der Waals surface area contributed by atoms with Crippen LogP contribution in [0.5, 0.6) is 5.75 Å². The quantitative estimate of drug-likeness (QED) is 0.482. The average molecular weight is 383 g/mol. The van der Waals surface area contributed by atoms with Crippen LogP contribution in [0.1, 0.15) is 31.4 Å². The number of hydrogen-bond acceptors (Lipinski definition) is 3. The van der Waals surface area contributed by atoms with Gasteiger partial charge >= 0.3 is 0 Å². The van der Waals surface area contributed by atoms with Crippen molar-refractivity contribution in [3.05, 3.63) is 59.7 Å². The Morgan fingerprint density at radius 3 is 2.32 bits per heavy atom. The van der Waals surface area contributed by atoms with E-state index in [9.17, 15) is 4.79 Å². The van der Waals surface area contributed by atoms with Crippen LogP contribution in [-0.4, -0.2) is 26.0 Å². The van der Waals surface area contributed by atoms with E-state index in [-0.39, 0.29) is 11.8 Å². The second kappa shape index (κ2) is 11.0. The number of nitrogens with zero attached hydrogens (tertiary/aromatic N) is 1. The molecule has 0 bridgehead atoms. The summed E-state index contributed by atoms with van der Waals surface area (Å²) in [7, 11) is 3.40. The van der Waals surface area contributed by atoms with E-state index < -0.39 is 0 Å². The lowest BCUT2D eigenvalue weighted by Crippen LogP contribution is -2.36. The van der Waals surface area contributed by atoms with Crippen LogP contribution < -0.4 is 20.7 Å². The molecule has 0 fully saturated rings. The van der Waals surface area contributed by atoms with Crippen molar-refractivity contribution in [2.24, 2.45) is 10.9 Å². The predicted octanol–water partition coefficient (Wildman–Crippen LogP) is 3.55. The van der Waals surface area contributed by atoms with E-state index in [0.717, 1.165) is 29.0 Å². The van der Waals surface area contributed by atoms with Crippen LogP contribution >= 0.6 is 0 Å². The zero-order valence-corrected chi connectivity index (χ0v) is 17.1.